The quantitative estimate of drug-likeness (QED) is 0.696. The second kappa shape index (κ2) is 5.79. The van der Waals surface area contributed by atoms with E-state index in [-0.39, 0.29) is 22.9 Å². The van der Waals surface area contributed by atoms with Gasteiger partial charge in [-0.05, 0) is 0 Å². The van der Waals surface area contributed by atoms with Crippen LogP contribution in [-0.4, -0.2) is 23.4 Å². The molecule has 0 saturated heterocycles. The molecule has 0 aromatic heterocycles. The molecule has 2 atom stereocenters. The number of halogens is 1. The zero-order valence-corrected chi connectivity index (χ0v) is 16.1. The van der Waals surface area contributed by atoms with E-state index < -0.39 is 36.2 Å². The molecular formula is C16H21IO5S. The fourth-order valence-corrected chi connectivity index (χ4v) is 9.25. The van der Waals surface area contributed by atoms with Crippen LogP contribution in [0.2, 0.25) is 0 Å². The number of hydrogen-bond acceptors (Lipinski definition) is 5. The van der Waals surface area contributed by atoms with Gasteiger partial charge in [-0.1, -0.05) is 0 Å². The van der Waals surface area contributed by atoms with Crippen molar-refractivity contribution in [2.24, 2.45) is 16.7 Å². The van der Waals surface area contributed by atoms with Crippen LogP contribution in [0.4, 0.5) is 0 Å². The van der Waals surface area contributed by atoms with Gasteiger partial charge in [0.05, 0.1) is 0 Å². The van der Waals surface area contributed by atoms with E-state index in [2.05, 4.69) is 0 Å². The Morgan fingerprint density at radius 3 is 2.48 bits per heavy atom. The van der Waals surface area contributed by atoms with Crippen molar-refractivity contribution in [1.82, 2.24) is 0 Å². The molecular weight excluding hydrogens is 431 g/mol. The summed E-state index contributed by atoms with van der Waals surface area (Å²) in [4.78, 5) is 12.4. The molecule has 1 aromatic rings. The summed E-state index contributed by atoms with van der Waals surface area (Å²) in [5.41, 5.74) is -1.19. The summed E-state index contributed by atoms with van der Waals surface area (Å²) in [7, 11) is -3.96. The summed E-state index contributed by atoms with van der Waals surface area (Å²) >= 11 is -3.23. The fraction of sp³-hybridized carbons (Fsp3) is 0.562. The normalized spacial score (nSPS) is 29.8. The Kier molecular flexibility index (Phi) is 4.36. The van der Waals surface area contributed by atoms with Gasteiger partial charge in [0.25, 0.3) is 0 Å². The van der Waals surface area contributed by atoms with Crippen LogP contribution in [0.5, 0.6) is 0 Å². The summed E-state index contributed by atoms with van der Waals surface area (Å²) in [6.07, 6.45) is 1.94. The zero-order chi connectivity index (χ0) is 16.9. The van der Waals surface area contributed by atoms with Gasteiger partial charge in [-0.3, -0.25) is 0 Å². The first-order chi connectivity index (χ1) is 10.7. The Morgan fingerprint density at radius 1 is 1.30 bits per heavy atom. The van der Waals surface area contributed by atoms with Crippen LogP contribution in [0.3, 0.4) is 0 Å². The topological polar surface area (TPSA) is 80.7 Å². The third kappa shape index (κ3) is 2.85. The van der Waals surface area contributed by atoms with E-state index in [1.165, 1.54) is 0 Å². The standard InChI is InChI=1S/C16H21IO5S/c1-15(2)12-8-9-16(15,14(18)10-12)11-23(20,21)22-17(19)13-6-4-3-5-7-13/h3-7,12,19H,8-11H2,1-2H3/t12-,16-/m1/s1. The molecule has 2 aliphatic rings. The molecule has 0 unspecified atom stereocenters. The van der Waals surface area contributed by atoms with E-state index in [1.54, 1.807) is 30.3 Å². The van der Waals surface area contributed by atoms with E-state index in [0.29, 0.717) is 16.4 Å². The van der Waals surface area contributed by atoms with Crippen LogP contribution in [0.1, 0.15) is 33.1 Å². The van der Waals surface area contributed by atoms with E-state index in [1.807, 2.05) is 13.8 Å². The van der Waals surface area contributed by atoms with Crippen LogP contribution < -0.4 is 0 Å². The zero-order valence-electron chi connectivity index (χ0n) is 13.2. The number of carbonyl (C=O) groups is 1. The van der Waals surface area contributed by atoms with Gasteiger partial charge in [0.2, 0.25) is 0 Å². The number of ketones is 1. The van der Waals surface area contributed by atoms with Crippen LogP contribution in [0.25, 0.3) is 0 Å². The van der Waals surface area contributed by atoms with Gasteiger partial charge in [0, 0.05) is 0 Å². The van der Waals surface area contributed by atoms with Crippen molar-refractivity contribution in [3.05, 3.63) is 33.9 Å². The number of Topliss-reactive ketones (excluding diaryl/α,β-unsaturated/α-hetero) is 1. The van der Waals surface area contributed by atoms with Gasteiger partial charge in [0.1, 0.15) is 0 Å². The average Bonchev–Trinajstić information content (AvgIpc) is 2.81. The summed E-state index contributed by atoms with van der Waals surface area (Å²) in [5.74, 6) is -0.0315. The van der Waals surface area contributed by atoms with Crippen LogP contribution in [-0.2, 0) is 17.4 Å². The van der Waals surface area contributed by atoms with E-state index in [4.69, 9.17) is 2.51 Å². The van der Waals surface area contributed by atoms with Crippen molar-refractivity contribution in [1.29, 1.82) is 0 Å². The third-order valence-electron chi connectivity index (χ3n) is 5.64. The van der Waals surface area contributed by atoms with E-state index in [9.17, 15) is 16.6 Å². The Labute approximate surface area is 145 Å². The number of carbonyl (C=O) groups excluding carboxylic acids is 1. The maximum atomic E-state index is 12.5. The monoisotopic (exact) mass is 452 g/mol. The molecule has 23 heavy (non-hydrogen) atoms. The molecule has 0 spiro atoms. The van der Waals surface area contributed by atoms with Crippen molar-refractivity contribution < 1.29 is 19.2 Å². The predicted octanol–water partition coefficient (Wildman–Crippen LogP) is 2.93. The first-order valence-electron chi connectivity index (χ1n) is 7.58. The Bertz CT molecular complexity index is 715. The van der Waals surface area contributed by atoms with Crippen molar-refractivity contribution >= 4 is 36.6 Å². The minimum absolute atomic E-state index is 0.0314. The molecule has 2 saturated carbocycles. The number of rotatable bonds is 5. The van der Waals surface area contributed by atoms with Crippen molar-refractivity contribution in [3.63, 3.8) is 0 Å². The van der Waals surface area contributed by atoms with Crippen molar-refractivity contribution in [2.45, 2.75) is 33.1 Å². The SMILES string of the molecule is CC1(C)[C@@H]2CC[C@@]1(CS(=O)(=O)OI(O)c1ccccc1)C(=O)C2. The third-order valence-corrected chi connectivity index (χ3v) is 11.2. The van der Waals surface area contributed by atoms with Crippen LogP contribution in [0.15, 0.2) is 30.3 Å². The molecule has 0 heterocycles. The van der Waals surface area contributed by atoms with E-state index in [0.717, 1.165) is 6.42 Å². The molecule has 2 aliphatic carbocycles. The molecule has 0 amide bonds. The fourth-order valence-electron chi connectivity index (χ4n) is 4.08. The van der Waals surface area contributed by atoms with Gasteiger partial charge in [-0.15, -0.1) is 0 Å². The minimum atomic E-state index is -3.96. The molecule has 2 fully saturated rings. The Morgan fingerprint density at radius 2 is 1.96 bits per heavy atom. The number of hydrogen-bond donors (Lipinski definition) is 1. The van der Waals surface area contributed by atoms with Gasteiger partial charge in [0.15, 0.2) is 0 Å². The molecule has 0 aliphatic heterocycles. The molecule has 7 heteroatoms. The van der Waals surface area contributed by atoms with Gasteiger partial charge < -0.3 is 0 Å². The first kappa shape index (κ1) is 17.3. The predicted molar refractivity (Wildman–Crippen MR) is 94.8 cm³/mol. The number of fused-ring (bicyclic) bond motifs is 2. The molecule has 0 radical (unpaired) electrons. The van der Waals surface area contributed by atoms with Crippen LogP contribution in [0, 0.1) is 20.3 Å². The van der Waals surface area contributed by atoms with Crippen molar-refractivity contribution in [2.75, 3.05) is 5.75 Å². The molecule has 128 valence electrons. The van der Waals surface area contributed by atoms with Gasteiger partial charge in [-0.25, -0.2) is 0 Å². The van der Waals surface area contributed by atoms with Crippen molar-refractivity contribution in [3.8, 4) is 0 Å². The van der Waals surface area contributed by atoms with Crippen LogP contribution >= 0.6 is 20.6 Å². The molecule has 2 bridgehead atoms. The summed E-state index contributed by atoms with van der Waals surface area (Å²) < 4.78 is 40.8. The van der Waals surface area contributed by atoms with E-state index >= 15 is 0 Å². The number of benzene rings is 1. The maximum absolute atomic E-state index is 12.5. The first-order valence-corrected chi connectivity index (χ1v) is 12.1. The summed E-state index contributed by atoms with van der Waals surface area (Å²) in [5, 5.41) is 0. The Balaban J connectivity index is 1.80. The Hall–Kier alpha value is -0.510. The second-order valence-corrected chi connectivity index (χ2v) is 12.1. The average molecular weight is 452 g/mol. The van der Waals surface area contributed by atoms with Gasteiger partial charge in [-0.2, -0.15) is 0 Å². The molecule has 5 nitrogen and oxygen atoms in total. The summed E-state index contributed by atoms with van der Waals surface area (Å²) in [6.45, 7) is 3.97. The van der Waals surface area contributed by atoms with Gasteiger partial charge >= 0.3 is 145 Å². The molecule has 1 N–H and O–H groups in total. The summed E-state index contributed by atoms with van der Waals surface area (Å²) in [6, 6.07) is 8.58. The molecule has 1 aromatic carbocycles. The molecule has 3 rings (SSSR count). The second-order valence-electron chi connectivity index (χ2n) is 6.96.